The summed E-state index contributed by atoms with van der Waals surface area (Å²) in [6.07, 6.45) is 0. The van der Waals surface area contributed by atoms with Gasteiger partial charge in [-0.15, -0.1) is 0 Å². The first kappa shape index (κ1) is 14.5. The first-order valence-electron chi connectivity index (χ1n) is 6.66. The van der Waals surface area contributed by atoms with Gasteiger partial charge >= 0.3 is 0 Å². The minimum Gasteiger partial charge on any atom is -0.497 e. The standard InChI is InChI=1S/C15H20N2O3/c1-15(2)14(19)16-8-9-17(15)10-13(18)11-4-6-12(20-3)7-5-11/h4-7H,8-10H2,1-3H3,(H,16,19). The predicted octanol–water partition coefficient (Wildman–Crippen LogP) is 1.09. The van der Waals surface area contributed by atoms with Crippen molar-refractivity contribution in [3.05, 3.63) is 29.8 Å². The molecule has 0 unspecified atom stereocenters. The van der Waals surface area contributed by atoms with Crippen LogP contribution in [0.4, 0.5) is 0 Å². The molecule has 1 saturated heterocycles. The van der Waals surface area contributed by atoms with E-state index in [9.17, 15) is 9.59 Å². The second kappa shape index (κ2) is 5.63. The number of hydrogen-bond donors (Lipinski definition) is 1. The zero-order valence-corrected chi connectivity index (χ0v) is 12.1. The fourth-order valence-corrected chi connectivity index (χ4v) is 2.26. The molecular weight excluding hydrogens is 256 g/mol. The van der Waals surface area contributed by atoms with E-state index in [0.29, 0.717) is 18.7 Å². The molecule has 0 atom stereocenters. The van der Waals surface area contributed by atoms with Crippen molar-refractivity contribution in [3.63, 3.8) is 0 Å². The lowest BCUT2D eigenvalue weighted by atomic mass is 9.97. The van der Waals surface area contributed by atoms with Crippen LogP contribution in [0.5, 0.6) is 5.75 Å². The second-order valence-electron chi connectivity index (χ2n) is 5.39. The van der Waals surface area contributed by atoms with E-state index in [4.69, 9.17) is 4.74 Å². The van der Waals surface area contributed by atoms with Crippen LogP contribution < -0.4 is 10.1 Å². The van der Waals surface area contributed by atoms with E-state index < -0.39 is 5.54 Å². The van der Waals surface area contributed by atoms with E-state index in [0.717, 1.165) is 5.75 Å². The molecule has 2 rings (SSSR count). The molecule has 1 N–H and O–H groups in total. The Hall–Kier alpha value is -1.88. The Balaban J connectivity index is 2.08. The van der Waals surface area contributed by atoms with Crippen LogP contribution in [0.15, 0.2) is 24.3 Å². The molecule has 0 radical (unpaired) electrons. The summed E-state index contributed by atoms with van der Waals surface area (Å²) in [6.45, 7) is 5.18. The van der Waals surface area contributed by atoms with Gasteiger partial charge in [-0.2, -0.15) is 0 Å². The van der Waals surface area contributed by atoms with E-state index in [1.807, 2.05) is 18.7 Å². The van der Waals surface area contributed by atoms with Crippen molar-refractivity contribution in [2.24, 2.45) is 0 Å². The quantitative estimate of drug-likeness (QED) is 0.836. The third-order valence-electron chi connectivity index (χ3n) is 3.76. The molecule has 1 aliphatic rings. The number of Topliss-reactive ketones (excluding diaryl/α,β-unsaturated/α-hetero) is 1. The highest BCUT2D eigenvalue weighted by Gasteiger charge is 2.38. The molecule has 108 valence electrons. The number of amides is 1. The maximum atomic E-state index is 12.3. The Morgan fingerprint density at radius 1 is 1.35 bits per heavy atom. The topological polar surface area (TPSA) is 58.6 Å². The molecule has 1 heterocycles. The van der Waals surface area contributed by atoms with Gasteiger partial charge in [-0.25, -0.2) is 0 Å². The Bertz CT molecular complexity index is 508. The third-order valence-corrected chi connectivity index (χ3v) is 3.76. The molecule has 0 aromatic heterocycles. The first-order valence-corrected chi connectivity index (χ1v) is 6.66. The molecule has 20 heavy (non-hydrogen) atoms. The van der Waals surface area contributed by atoms with Crippen molar-refractivity contribution in [2.45, 2.75) is 19.4 Å². The average Bonchev–Trinajstić information content (AvgIpc) is 2.44. The summed E-state index contributed by atoms with van der Waals surface area (Å²) in [4.78, 5) is 26.1. The highest BCUT2D eigenvalue weighted by Crippen LogP contribution is 2.19. The highest BCUT2D eigenvalue weighted by molar-refractivity contribution is 5.98. The van der Waals surface area contributed by atoms with Gasteiger partial charge in [-0.3, -0.25) is 14.5 Å². The molecule has 1 fully saturated rings. The number of carbonyl (C=O) groups is 2. The van der Waals surface area contributed by atoms with Crippen LogP contribution in [-0.2, 0) is 4.79 Å². The number of rotatable bonds is 4. The lowest BCUT2D eigenvalue weighted by molar-refractivity contribution is -0.134. The van der Waals surface area contributed by atoms with Gasteiger partial charge in [0.1, 0.15) is 5.75 Å². The van der Waals surface area contributed by atoms with Crippen LogP contribution in [-0.4, -0.2) is 48.9 Å². The van der Waals surface area contributed by atoms with Crippen molar-refractivity contribution < 1.29 is 14.3 Å². The highest BCUT2D eigenvalue weighted by atomic mass is 16.5. The second-order valence-corrected chi connectivity index (χ2v) is 5.39. The Labute approximate surface area is 118 Å². The van der Waals surface area contributed by atoms with Crippen molar-refractivity contribution in [1.29, 1.82) is 0 Å². The van der Waals surface area contributed by atoms with Crippen LogP contribution in [0.3, 0.4) is 0 Å². The van der Waals surface area contributed by atoms with E-state index >= 15 is 0 Å². The van der Waals surface area contributed by atoms with Crippen LogP contribution in [0.1, 0.15) is 24.2 Å². The minimum atomic E-state index is -0.652. The zero-order chi connectivity index (χ0) is 14.8. The Morgan fingerprint density at radius 3 is 2.60 bits per heavy atom. The molecular formula is C15H20N2O3. The number of hydrogen-bond acceptors (Lipinski definition) is 4. The molecule has 1 aromatic carbocycles. The van der Waals surface area contributed by atoms with Crippen LogP contribution >= 0.6 is 0 Å². The van der Waals surface area contributed by atoms with Crippen LogP contribution in [0.25, 0.3) is 0 Å². The summed E-state index contributed by atoms with van der Waals surface area (Å²) < 4.78 is 5.07. The van der Waals surface area contributed by atoms with Gasteiger partial charge in [0.25, 0.3) is 0 Å². The number of benzene rings is 1. The lowest BCUT2D eigenvalue weighted by Gasteiger charge is -2.40. The first-order chi connectivity index (χ1) is 9.45. The smallest absolute Gasteiger partial charge is 0.240 e. The van der Waals surface area contributed by atoms with Crippen LogP contribution in [0.2, 0.25) is 0 Å². The van der Waals surface area contributed by atoms with Gasteiger partial charge in [-0.05, 0) is 38.1 Å². The third kappa shape index (κ3) is 2.82. The van der Waals surface area contributed by atoms with Crippen molar-refractivity contribution in [1.82, 2.24) is 10.2 Å². The number of ketones is 1. The van der Waals surface area contributed by atoms with Crippen molar-refractivity contribution in [3.8, 4) is 5.75 Å². The van der Waals surface area contributed by atoms with Gasteiger partial charge < -0.3 is 10.1 Å². The van der Waals surface area contributed by atoms with Gasteiger partial charge in [0.05, 0.1) is 19.2 Å². The summed E-state index contributed by atoms with van der Waals surface area (Å²) in [5.74, 6) is 0.695. The molecule has 0 spiro atoms. The number of piperazine rings is 1. The summed E-state index contributed by atoms with van der Waals surface area (Å²) >= 11 is 0. The van der Waals surface area contributed by atoms with E-state index in [-0.39, 0.29) is 18.2 Å². The number of nitrogens with zero attached hydrogens (tertiary/aromatic N) is 1. The molecule has 0 bridgehead atoms. The van der Waals surface area contributed by atoms with Crippen LogP contribution in [0, 0.1) is 0 Å². The molecule has 0 saturated carbocycles. The summed E-state index contributed by atoms with van der Waals surface area (Å²) in [5.41, 5.74) is -0.0204. The SMILES string of the molecule is COc1ccc(C(=O)CN2CCNC(=O)C2(C)C)cc1. The minimum absolute atomic E-state index is 0.00966. The zero-order valence-electron chi connectivity index (χ0n) is 12.1. The fourth-order valence-electron chi connectivity index (χ4n) is 2.26. The number of nitrogens with one attached hydrogen (secondary N) is 1. The van der Waals surface area contributed by atoms with Gasteiger partial charge in [0.15, 0.2) is 5.78 Å². The van der Waals surface area contributed by atoms with Gasteiger partial charge in [-0.1, -0.05) is 0 Å². The number of carbonyl (C=O) groups excluding carboxylic acids is 2. The number of ether oxygens (including phenoxy) is 1. The predicted molar refractivity (Wildman–Crippen MR) is 76.0 cm³/mol. The summed E-state index contributed by atoms with van der Waals surface area (Å²) in [5, 5.41) is 2.82. The maximum Gasteiger partial charge on any atom is 0.240 e. The van der Waals surface area contributed by atoms with Crippen molar-refractivity contribution >= 4 is 11.7 Å². The normalized spacial score (nSPS) is 18.4. The molecule has 1 amide bonds. The lowest BCUT2D eigenvalue weighted by Crippen LogP contribution is -2.62. The summed E-state index contributed by atoms with van der Waals surface area (Å²) in [7, 11) is 1.59. The average molecular weight is 276 g/mol. The van der Waals surface area contributed by atoms with Gasteiger partial charge in [0, 0.05) is 18.7 Å². The molecule has 5 nitrogen and oxygen atoms in total. The Morgan fingerprint density at radius 2 is 2.00 bits per heavy atom. The van der Waals surface area contributed by atoms with E-state index in [1.165, 1.54) is 0 Å². The van der Waals surface area contributed by atoms with Gasteiger partial charge in [0.2, 0.25) is 5.91 Å². The Kier molecular flexibility index (Phi) is 4.09. The molecule has 5 heteroatoms. The monoisotopic (exact) mass is 276 g/mol. The van der Waals surface area contributed by atoms with E-state index in [1.54, 1.807) is 31.4 Å². The largest absolute Gasteiger partial charge is 0.497 e. The fraction of sp³-hybridized carbons (Fsp3) is 0.467. The van der Waals surface area contributed by atoms with E-state index in [2.05, 4.69) is 5.32 Å². The maximum absolute atomic E-state index is 12.3. The molecule has 1 aliphatic heterocycles. The molecule has 1 aromatic rings. The number of methoxy groups -OCH3 is 1. The van der Waals surface area contributed by atoms with Crippen molar-refractivity contribution in [2.75, 3.05) is 26.7 Å². The molecule has 0 aliphatic carbocycles. The summed E-state index contributed by atoms with van der Waals surface area (Å²) in [6, 6.07) is 7.03.